The fraction of sp³-hybridized carbons (Fsp3) is 0.727. The molecule has 8 heteroatoms. The third-order valence-electron chi connectivity index (χ3n) is 8.90. The molecule has 6 aliphatic carbocycles. The maximum absolute atomic E-state index is 12.3. The Morgan fingerprint density at radius 2 is 1.07 bits per heavy atom. The van der Waals surface area contributed by atoms with E-state index in [1.54, 1.807) is 0 Å². The summed E-state index contributed by atoms with van der Waals surface area (Å²) < 4.78 is 55.1. The van der Waals surface area contributed by atoms with Crippen LogP contribution in [0.15, 0.2) is 12.1 Å². The van der Waals surface area contributed by atoms with Gasteiger partial charge in [0.15, 0.2) is 0 Å². The molecule has 0 radical (unpaired) electrons. The van der Waals surface area contributed by atoms with E-state index in [0.717, 1.165) is 24.0 Å². The van der Waals surface area contributed by atoms with Crippen LogP contribution in [0, 0.1) is 22.7 Å². The van der Waals surface area contributed by atoms with E-state index in [2.05, 4.69) is 49.3 Å². The molecular formula is C22H32N2O4S2. The molecule has 0 aliphatic heterocycles. The minimum absolute atomic E-state index is 0.0141. The zero-order valence-corrected chi connectivity index (χ0v) is 20.1. The standard InChI is InChI=1S/C22H32N2O4S2/c1-21(2)13-9-15(21)19(23-29(5,25)26)17-11(13)7-8-12-14-10-16(22(14,3)4)20(18(12)17)24-30(6,27)28/h7-8,13-16,19-20,23-24H,9-10H2,1-6H3/t13-,14-,15+,16+,19+,20+/m1/s1. The van der Waals surface area contributed by atoms with E-state index in [4.69, 9.17) is 0 Å². The topological polar surface area (TPSA) is 92.3 Å². The van der Waals surface area contributed by atoms with Crippen molar-refractivity contribution in [3.8, 4) is 0 Å². The van der Waals surface area contributed by atoms with Gasteiger partial charge in [0.05, 0.1) is 24.6 Å². The number of rotatable bonds is 4. The lowest BCUT2D eigenvalue weighted by Gasteiger charge is -2.64. The first-order chi connectivity index (χ1) is 13.6. The number of hydrogen-bond acceptors (Lipinski definition) is 4. The SMILES string of the molecule is CC1(C)[C@@H]2C[C@H]1[C@H](NS(C)(=O)=O)c1c2ccc2c1[C@@H](NS(C)(=O)=O)[C@@H]1C[C@H]2C1(C)C. The molecule has 0 amide bonds. The number of nitrogens with one attached hydrogen (secondary N) is 2. The summed E-state index contributed by atoms with van der Waals surface area (Å²) in [5.74, 6) is 1.18. The minimum atomic E-state index is -3.42. The molecule has 1 aromatic carbocycles. The van der Waals surface area contributed by atoms with Gasteiger partial charge in [-0.1, -0.05) is 39.8 Å². The van der Waals surface area contributed by atoms with E-state index >= 15 is 0 Å². The summed E-state index contributed by atoms with van der Waals surface area (Å²) in [4.78, 5) is 0. The van der Waals surface area contributed by atoms with Gasteiger partial charge in [-0.15, -0.1) is 0 Å². The molecule has 0 aromatic heterocycles. The van der Waals surface area contributed by atoms with Gasteiger partial charge in [0.25, 0.3) is 0 Å². The molecule has 0 heterocycles. The predicted molar refractivity (Wildman–Crippen MR) is 117 cm³/mol. The van der Waals surface area contributed by atoms with Crippen LogP contribution in [-0.2, 0) is 20.0 Å². The average Bonchev–Trinajstić information content (AvgIpc) is 2.57. The summed E-state index contributed by atoms with van der Waals surface area (Å²) in [6, 6.07) is 3.77. The molecule has 166 valence electrons. The monoisotopic (exact) mass is 452 g/mol. The van der Waals surface area contributed by atoms with Crippen LogP contribution in [0.2, 0.25) is 0 Å². The van der Waals surface area contributed by atoms with Gasteiger partial charge in [-0.2, -0.15) is 0 Å². The second-order valence-corrected chi connectivity index (χ2v) is 14.8. The van der Waals surface area contributed by atoms with Gasteiger partial charge in [0.2, 0.25) is 20.0 Å². The maximum atomic E-state index is 12.3. The molecule has 4 bridgehead atoms. The molecule has 30 heavy (non-hydrogen) atoms. The van der Waals surface area contributed by atoms with Gasteiger partial charge in [-0.05, 0) is 69.6 Å². The molecule has 0 spiro atoms. The lowest BCUT2D eigenvalue weighted by atomic mass is 9.42. The van der Waals surface area contributed by atoms with E-state index in [1.165, 1.54) is 23.6 Å². The van der Waals surface area contributed by atoms with Crippen LogP contribution in [0.4, 0.5) is 0 Å². The van der Waals surface area contributed by atoms with Gasteiger partial charge in [-0.3, -0.25) is 0 Å². The van der Waals surface area contributed by atoms with Gasteiger partial charge >= 0.3 is 0 Å². The molecule has 1 aromatic rings. The normalized spacial score (nSPS) is 37.4. The lowest BCUT2D eigenvalue weighted by molar-refractivity contribution is -0.0213. The Bertz CT molecular complexity index is 1060. The van der Waals surface area contributed by atoms with Crippen molar-refractivity contribution in [2.24, 2.45) is 22.7 Å². The van der Waals surface area contributed by atoms with Crippen molar-refractivity contribution < 1.29 is 16.8 Å². The van der Waals surface area contributed by atoms with Gasteiger partial charge in [-0.25, -0.2) is 26.3 Å². The molecule has 2 N–H and O–H groups in total. The third kappa shape index (κ3) is 2.72. The molecule has 2 saturated carbocycles. The van der Waals surface area contributed by atoms with Crippen LogP contribution in [0.1, 0.15) is 86.7 Å². The zero-order valence-electron chi connectivity index (χ0n) is 18.5. The van der Waals surface area contributed by atoms with E-state index in [-0.39, 0.29) is 34.7 Å². The molecule has 0 unspecified atom stereocenters. The smallest absolute Gasteiger partial charge is 0.209 e. The molecule has 0 saturated heterocycles. The number of benzene rings is 1. The average molecular weight is 453 g/mol. The minimum Gasteiger partial charge on any atom is -0.213 e. The van der Waals surface area contributed by atoms with Gasteiger partial charge in [0, 0.05) is 0 Å². The fourth-order valence-electron chi connectivity index (χ4n) is 7.22. The number of sulfonamides is 2. The largest absolute Gasteiger partial charge is 0.213 e. The molecule has 6 nitrogen and oxygen atoms in total. The fourth-order valence-corrected chi connectivity index (χ4v) is 8.71. The Morgan fingerprint density at radius 1 is 0.733 bits per heavy atom. The molecule has 6 atom stereocenters. The number of hydrogen-bond donors (Lipinski definition) is 2. The molecule has 2 fully saturated rings. The van der Waals surface area contributed by atoms with Crippen molar-refractivity contribution in [2.45, 2.75) is 64.5 Å². The van der Waals surface area contributed by atoms with E-state index in [9.17, 15) is 16.8 Å². The summed E-state index contributed by atoms with van der Waals surface area (Å²) >= 11 is 0. The lowest BCUT2D eigenvalue weighted by Crippen LogP contribution is -2.58. The highest BCUT2D eigenvalue weighted by Crippen LogP contribution is 2.71. The van der Waals surface area contributed by atoms with E-state index in [1.807, 2.05) is 0 Å². The van der Waals surface area contributed by atoms with Crippen LogP contribution in [0.25, 0.3) is 0 Å². The summed E-state index contributed by atoms with van der Waals surface area (Å²) in [6.07, 6.45) is 4.36. The second-order valence-electron chi connectivity index (χ2n) is 11.2. The summed E-state index contributed by atoms with van der Waals surface area (Å²) in [5.41, 5.74) is 4.51. The van der Waals surface area contributed by atoms with Crippen LogP contribution in [0.3, 0.4) is 0 Å². The van der Waals surface area contributed by atoms with Crippen molar-refractivity contribution in [3.63, 3.8) is 0 Å². The van der Waals surface area contributed by atoms with Gasteiger partial charge < -0.3 is 0 Å². The Morgan fingerprint density at radius 3 is 1.33 bits per heavy atom. The predicted octanol–water partition coefficient (Wildman–Crippen LogP) is 3.15. The zero-order chi connectivity index (χ0) is 22.0. The third-order valence-corrected chi connectivity index (χ3v) is 10.3. The molecular weight excluding hydrogens is 420 g/mol. The molecule has 7 rings (SSSR count). The summed E-state index contributed by atoms with van der Waals surface area (Å²) in [6.45, 7) is 8.88. The Balaban J connectivity index is 1.76. The second kappa shape index (κ2) is 5.88. The van der Waals surface area contributed by atoms with E-state index < -0.39 is 20.0 Å². The highest BCUT2D eigenvalue weighted by molar-refractivity contribution is 7.89. The highest BCUT2D eigenvalue weighted by atomic mass is 32.2. The van der Waals surface area contributed by atoms with Crippen molar-refractivity contribution in [1.82, 2.24) is 9.44 Å². The van der Waals surface area contributed by atoms with Crippen LogP contribution in [-0.4, -0.2) is 29.3 Å². The van der Waals surface area contributed by atoms with Crippen LogP contribution in [0.5, 0.6) is 0 Å². The van der Waals surface area contributed by atoms with Crippen molar-refractivity contribution in [3.05, 3.63) is 34.4 Å². The van der Waals surface area contributed by atoms with Crippen molar-refractivity contribution in [2.75, 3.05) is 12.5 Å². The van der Waals surface area contributed by atoms with Crippen molar-refractivity contribution in [1.29, 1.82) is 0 Å². The highest BCUT2D eigenvalue weighted by Gasteiger charge is 2.62. The van der Waals surface area contributed by atoms with Crippen molar-refractivity contribution >= 4 is 20.0 Å². The Labute approximate surface area is 180 Å². The molecule has 6 aliphatic rings. The first-order valence-corrected chi connectivity index (χ1v) is 14.5. The van der Waals surface area contributed by atoms with Crippen LogP contribution < -0.4 is 9.44 Å². The first kappa shape index (κ1) is 20.9. The maximum Gasteiger partial charge on any atom is 0.209 e. The quantitative estimate of drug-likeness (QED) is 0.734. The van der Waals surface area contributed by atoms with E-state index in [0.29, 0.717) is 11.8 Å². The Hall–Kier alpha value is -0.960. The Kier molecular flexibility index (Phi) is 4.10. The summed E-state index contributed by atoms with van der Waals surface area (Å²) in [7, 11) is -6.84. The van der Waals surface area contributed by atoms with Gasteiger partial charge in [0.1, 0.15) is 0 Å². The summed E-state index contributed by atoms with van der Waals surface area (Å²) in [5, 5.41) is 0. The first-order valence-electron chi connectivity index (χ1n) is 10.7. The van der Waals surface area contributed by atoms with Crippen LogP contribution >= 0.6 is 0 Å².